The van der Waals surface area contributed by atoms with Crippen molar-refractivity contribution in [3.05, 3.63) is 59.2 Å². The fraction of sp³-hybridized carbons (Fsp3) is 0.235. The Labute approximate surface area is 129 Å². The summed E-state index contributed by atoms with van der Waals surface area (Å²) < 4.78 is 4.74. The highest BCUT2D eigenvalue weighted by atomic mass is 32.2. The van der Waals surface area contributed by atoms with Crippen molar-refractivity contribution in [3.8, 4) is 0 Å². The molecular formula is C17H19NO2S. The van der Waals surface area contributed by atoms with Crippen LogP contribution in [0, 0.1) is 6.92 Å². The molecule has 0 amide bonds. The predicted molar refractivity (Wildman–Crippen MR) is 87.3 cm³/mol. The Bertz CT molecular complexity index is 640. The van der Waals surface area contributed by atoms with Crippen LogP contribution in [0.5, 0.6) is 0 Å². The van der Waals surface area contributed by atoms with Gasteiger partial charge in [0.05, 0.1) is 13.5 Å². The molecule has 110 valence electrons. The SMILES string of the molecule is COC(=O)Cc1ccccc1CSc1ccc(N)c(C)c1. The molecule has 0 aromatic heterocycles. The Kier molecular flexibility index (Phi) is 5.28. The molecule has 0 aliphatic rings. The fourth-order valence-electron chi connectivity index (χ4n) is 2.00. The molecule has 0 aliphatic heterocycles. The number of nitrogens with two attached hydrogens (primary N) is 1. The summed E-state index contributed by atoms with van der Waals surface area (Å²) in [6, 6.07) is 14.0. The van der Waals surface area contributed by atoms with Gasteiger partial charge in [-0.15, -0.1) is 11.8 Å². The summed E-state index contributed by atoms with van der Waals surface area (Å²) in [5.74, 6) is 0.604. The Hall–Kier alpha value is -1.94. The molecule has 3 nitrogen and oxygen atoms in total. The molecule has 2 N–H and O–H groups in total. The molecule has 2 rings (SSSR count). The van der Waals surface area contributed by atoms with Gasteiger partial charge in [0.15, 0.2) is 0 Å². The van der Waals surface area contributed by atoms with Crippen LogP contribution in [-0.4, -0.2) is 13.1 Å². The monoisotopic (exact) mass is 301 g/mol. The van der Waals surface area contributed by atoms with Crippen LogP contribution in [0.1, 0.15) is 16.7 Å². The Morgan fingerprint density at radius 2 is 1.90 bits per heavy atom. The number of rotatable bonds is 5. The van der Waals surface area contributed by atoms with Crippen molar-refractivity contribution in [2.45, 2.75) is 24.0 Å². The molecule has 4 heteroatoms. The smallest absolute Gasteiger partial charge is 0.309 e. The summed E-state index contributed by atoms with van der Waals surface area (Å²) in [7, 11) is 1.41. The van der Waals surface area contributed by atoms with Gasteiger partial charge in [0.2, 0.25) is 0 Å². The fourth-order valence-corrected chi connectivity index (χ4v) is 3.03. The van der Waals surface area contributed by atoms with Gasteiger partial charge >= 0.3 is 5.97 Å². The van der Waals surface area contributed by atoms with E-state index >= 15 is 0 Å². The first-order valence-corrected chi connectivity index (χ1v) is 7.71. The number of hydrogen-bond acceptors (Lipinski definition) is 4. The minimum Gasteiger partial charge on any atom is -0.469 e. The molecule has 0 bridgehead atoms. The number of carbonyl (C=O) groups excluding carboxylic acids is 1. The maximum atomic E-state index is 11.4. The average molecular weight is 301 g/mol. The van der Waals surface area contributed by atoms with E-state index in [1.807, 2.05) is 37.3 Å². The van der Waals surface area contributed by atoms with Crippen molar-refractivity contribution in [2.75, 3.05) is 12.8 Å². The molecule has 0 spiro atoms. The molecule has 2 aromatic carbocycles. The lowest BCUT2D eigenvalue weighted by molar-refractivity contribution is -0.139. The van der Waals surface area contributed by atoms with Crippen LogP contribution in [0.3, 0.4) is 0 Å². The lowest BCUT2D eigenvalue weighted by atomic mass is 10.1. The van der Waals surface area contributed by atoms with Gasteiger partial charge in [-0.05, 0) is 41.8 Å². The number of anilines is 1. The van der Waals surface area contributed by atoms with Gasteiger partial charge < -0.3 is 10.5 Å². The zero-order chi connectivity index (χ0) is 15.2. The van der Waals surface area contributed by atoms with Gasteiger partial charge in [0, 0.05) is 16.3 Å². The molecular weight excluding hydrogens is 282 g/mol. The Morgan fingerprint density at radius 1 is 1.19 bits per heavy atom. The molecule has 0 radical (unpaired) electrons. The molecule has 0 unspecified atom stereocenters. The third-order valence-corrected chi connectivity index (χ3v) is 4.36. The van der Waals surface area contributed by atoms with Crippen LogP contribution in [0.15, 0.2) is 47.4 Å². The van der Waals surface area contributed by atoms with E-state index in [4.69, 9.17) is 10.5 Å². The van der Waals surface area contributed by atoms with Gasteiger partial charge in [-0.3, -0.25) is 4.79 Å². The summed E-state index contributed by atoms with van der Waals surface area (Å²) in [6.45, 7) is 2.00. The van der Waals surface area contributed by atoms with Crippen molar-refractivity contribution in [2.24, 2.45) is 0 Å². The van der Waals surface area contributed by atoms with Crippen molar-refractivity contribution in [1.29, 1.82) is 0 Å². The first-order chi connectivity index (χ1) is 10.1. The highest BCUT2D eigenvalue weighted by molar-refractivity contribution is 7.98. The second kappa shape index (κ2) is 7.18. The molecule has 0 atom stereocenters. The molecule has 21 heavy (non-hydrogen) atoms. The summed E-state index contributed by atoms with van der Waals surface area (Å²) in [4.78, 5) is 12.6. The minimum absolute atomic E-state index is 0.212. The molecule has 0 saturated carbocycles. The van der Waals surface area contributed by atoms with Crippen LogP contribution < -0.4 is 5.73 Å². The van der Waals surface area contributed by atoms with Crippen molar-refractivity contribution in [1.82, 2.24) is 0 Å². The predicted octanol–water partition coefficient (Wildman–Crippen LogP) is 3.59. The average Bonchev–Trinajstić information content (AvgIpc) is 2.49. The number of benzene rings is 2. The standard InChI is InChI=1S/C17H19NO2S/c1-12-9-15(7-8-16(12)18)21-11-14-6-4-3-5-13(14)10-17(19)20-2/h3-9H,10-11,18H2,1-2H3. The van der Waals surface area contributed by atoms with E-state index < -0.39 is 0 Å². The quantitative estimate of drug-likeness (QED) is 0.521. The molecule has 0 saturated heterocycles. The Balaban J connectivity index is 2.09. The van der Waals surface area contributed by atoms with E-state index in [1.165, 1.54) is 12.0 Å². The summed E-state index contributed by atoms with van der Waals surface area (Å²) in [5, 5.41) is 0. The first kappa shape index (κ1) is 15.4. The van der Waals surface area contributed by atoms with Crippen LogP contribution in [0.25, 0.3) is 0 Å². The Morgan fingerprint density at radius 3 is 2.57 bits per heavy atom. The van der Waals surface area contributed by atoms with Gasteiger partial charge in [0.25, 0.3) is 0 Å². The van der Waals surface area contributed by atoms with Crippen LogP contribution in [0.2, 0.25) is 0 Å². The molecule has 0 heterocycles. The van der Waals surface area contributed by atoms with Crippen LogP contribution in [-0.2, 0) is 21.7 Å². The van der Waals surface area contributed by atoms with E-state index in [0.29, 0.717) is 6.42 Å². The van der Waals surface area contributed by atoms with Crippen LogP contribution in [0.4, 0.5) is 5.69 Å². The molecule has 0 aliphatic carbocycles. The van der Waals surface area contributed by atoms with Crippen LogP contribution >= 0.6 is 11.8 Å². The first-order valence-electron chi connectivity index (χ1n) is 6.72. The summed E-state index contributed by atoms with van der Waals surface area (Å²) >= 11 is 1.74. The van der Waals surface area contributed by atoms with E-state index in [1.54, 1.807) is 11.8 Å². The van der Waals surface area contributed by atoms with Gasteiger partial charge in [-0.25, -0.2) is 0 Å². The van der Waals surface area contributed by atoms with E-state index in [-0.39, 0.29) is 5.97 Å². The normalized spacial score (nSPS) is 10.4. The number of carbonyl (C=O) groups is 1. The second-order valence-corrected chi connectivity index (χ2v) is 5.88. The van der Waals surface area contributed by atoms with Crippen molar-refractivity contribution >= 4 is 23.4 Å². The van der Waals surface area contributed by atoms with Gasteiger partial charge in [-0.2, -0.15) is 0 Å². The maximum Gasteiger partial charge on any atom is 0.309 e. The summed E-state index contributed by atoms with van der Waals surface area (Å²) in [6.07, 6.45) is 0.313. The topological polar surface area (TPSA) is 52.3 Å². The third-order valence-electron chi connectivity index (χ3n) is 3.32. The number of esters is 1. The summed E-state index contributed by atoms with van der Waals surface area (Å²) in [5.41, 5.74) is 9.90. The lowest BCUT2D eigenvalue weighted by Gasteiger charge is -2.09. The van der Waals surface area contributed by atoms with Gasteiger partial charge in [0.1, 0.15) is 0 Å². The highest BCUT2D eigenvalue weighted by Crippen LogP contribution is 2.27. The number of methoxy groups -OCH3 is 1. The van der Waals surface area contributed by atoms with E-state index in [9.17, 15) is 4.79 Å². The second-order valence-electron chi connectivity index (χ2n) is 4.83. The van der Waals surface area contributed by atoms with E-state index in [2.05, 4.69) is 12.1 Å². The highest BCUT2D eigenvalue weighted by Gasteiger charge is 2.08. The zero-order valence-corrected chi connectivity index (χ0v) is 13.1. The molecule has 0 fully saturated rings. The number of nitrogen functional groups attached to an aromatic ring is 1. The lowest BCUT2D eigenvalue weighted by Crippen LogP contribution is -2.06. The number of ether oxygens (including phenoxy) is 1. The number of aryl methyl sites for hydroxylation is 1. The van der Waals surface area contributed by atoms with Crippen molar-refractivity contribution < 1.29 is 9.53 Å². The number of hydrogen-bond donors (Lipinski definition) is 1. The third kappa shape index (κ3) is 4.26. The number of thioether (sulfide) groups is 1. The van der Waals surface area contributed by atoms with Crippen molar-refractivity contribution in [3.63, 3.8) is 0 Å². The largest absolute Gasteiger partial charge is 0.469 e. The maximum absolute atomic E-state index is 11.4. The van der Waals surface area contributed by atoms with Gasteiger partial charge in [-0.1, -0.05) is 24.3 Å². The molecule has 2 aromatic rings. The van der Waals surface area contributed by atoms with E-state index in [0.717, 1.165) is 28.1 Å². The minimum atomic E-state index is -0.212. The zero-order valence-electron chi connectivity index (χ0n) is 12.3.